The Balaban J connectivity index is 1.49. The molecule has 1 aliphatic rings. The maximum atomic E-state index is 13.1. The highest BCUT2D eigenvalue weighted by atomic mass is 32.2. The van der Waals surface area contributed by atoms with E-state index >= 15 is 0 Å². The molecule has 0 spiro atoms. The Morgan fingerprint density at radius 2 is 1.81 bits per heavy atom. The van der Waals surface area contributed by atoms with Gasteiger partial charge < -0.3 is 10.6 Å². The fourth-order valence-corrected chi connectivity index (χ4v) is 4.89. The minimum Gasteiger partial charge on any atom is -0.383 e. The van der Waals surface area contributed by atoms with Crippen molar-refractivity contribution in [1.82, 2.24) is 9.62 Å². The van der Waals surface area contributed by atoms with E-state index in [2.05, 4.69) is 10.6 Å². The molecular formula is C20H23FN4O5S. The number of piperidine rings is 1. The van der Waals surface area contributed by atoms with Gasteiger partial charge >= 0.3 is 0 Å². The van der Waals surface area contributed by atoms with Crippen LogP contribution in [0, 0.1) is 21.8 Å². The Hall–Kier alpha value is -3.05. The van der Waals surface area contributed by atoms with Crippen LogP contribution in [0.4, 0.5) is 15.8 Å². The smallest absolute Gasteiger partial charge is 0.269 e. The molecule has 1 saturated heterocycles. The van der Waals surface area contributed by atoms with Crippen molar-refractivity contribution >= 4 is 27.3 Å². The summed E-state index contributed by atoms with van der Waals surface area (Å²) in [5.74, 6) is -1.22. The highest BCUT2D eigenvalue weighted by Crippen LogP contribution is 2.24. The topological polar surface area (TPSA) is 122 Å². The van der Waals surface area contributed by atoms with Gasteiger partial charge in [0.15, 0.2) is 0 Å². The first kappa shape index (κ1) is 22.6. The Bertz CT molecular complexity index is 1030. The molecule has 0 radical (unpaired) electrons. The first-order valence-electron chi connectivity index (χ1n) is 9.79. The van der Waals surface area contributed by atoms with Gasteiger partial charge in [-0.1, -0.05) is 0 Å². The second-order valence-corrected chi connectivity index (χ2v) is 9.12. The Morgan fingerprint density at radius 1 is 1.13 bits per heavy atom. The number of halogens is 1. The zero-order chi connectivity index (χ0) is 22.4. The largest absolute Gasteiger partial charge is 0.383 e. The highest BCUT2D eigenvalue weighted by Gasteiger charge is 2.33. The van der Waals surface area contributed by atoms with Crippen LogP contribution < -0.4 is 10.6 Å². The van der Waals surface area contributed by atoms with E-state index in [1.165, 1.54) is 28.6 Å². The quantitative estimate of drug-likeness (QED) is 0.362. The van der Waals surface area contributed by atoms with Crippen LogP contribution >= 0.6 is 0 Å². The second-order valence-electron chi connectivity index (χ2n) is 7.18. The van der Waals surface area contributed by atoms with Crippen LogP contribution in [0.1, 0.15) is 12.8 Å². The molecule has 1 aliphatic heterocycles. The number of rotatable bonds is 8. The van der Waals surface area contributed by atoms with E-state index < -0.39 is 26.7 Å². The molecule has 1 amide bonds. The van der Waals surface area contributed by atoms with Crippen LogP contribution in [-0.2, 0) is 14.8 Å². The van der Waals surface area contributed by atoms with Gasteiger partial charge in [0.1, 0.15) is 5.82 Å². The van der Waals surface area contributed by atoms with Crippen LogP contribution in [0.2, 0.25) is 0 Å². The predicted octanol–water partition coefficient (Wildman–Crippen LogP) is 2.36. The maximum Gasteiger partial charge on any atom is 0.269 e. The normalized spacial score (nSPS) is 17.1. The molecule has 2 N–H and O–H groups in total. The Labute approximate surface area is 179 Å². The zero-order valence-corrected chi connectivity index (χ0v) is 17.5. The van der Waals surface area contributed by atoms with E-state index in [-0.39, 0.29) is 23.0 Å². The molecule has 9 nitrogen and oxygen atoms in total. The molecule has 31 heavy (non-hydrogen) atoms. The van der Waals surface area contributed by atoms with Crippen LogP contribution in [0.15, 0.2) is 53.4 Å². The molecule has 2 aromatic carbocycles. The lowest BCUT2D eigenvalue weighted by molar-refractivity contribution is -0.384. The maximum absolute atomic E-state index is 13.1. The summed E-state index contributed by atoms with van der Waals surface area (Å²) in [7, 11) is -3.79. The SMILES string of the molecule is O=C(NCCNc1ccc([N+](=O)[O-])cc1)C1CCCN(S(=O)(=O)c2ccc(F)cc2)C1. The second kappa shape index (κ2) is 9.84. The first-order valence-corrected chi connectivity index (χ1v) is 11.2. The van der Waals surface area contributed by atoms with Crippen molar-refractivity contribution in [2.24, 2.45) is 5.92 Å². The summed E-state index contributed by atoms with van der Waals surface area (Å²) in [4.78, 5) is 22.7. The van der Waals surface area contributed by atoms with Crippen LogP contribution in [0.5, 0.6) is 0 Å². The van der Waals surface area contributed by atoms with E-state index in [9.17, 15) is 27.7 Å². The lowest BCUT2D eigenvalue weighted by Gasteiger charge is -2.31. The molecule has 0 saturated carbocycles. The third-order valence-electron chi connectivity index (χ3n) is 5.04. The third kappa shape index (κ3) is 5.76. The van der Waals surface area contributed by atoms with Crippen LogP contribution in [0.25, 0.3) is 0 Å². The first-order chi connectivity index (χ1) is 14.8. The lowest BCUT2D eigenvalue weighted by Crippen LogP contribution is -2.46. The third-order valence-corrected chi connectivity index (χ3v) is 6.92. The van der Waals surface area contributed by atoms with E-state index in [1.54, 1.807) is 12.1 Å². The van der Waals surface area contributed by atoms with Gasteiger partial charge in [0.05, 0.1) is 15.7 Å². The van der Waals surface area contributed by atoms with Crippen molar-refractivity contribution < 1.29 is 22.5 Å². The number of carbonyl (C=O) groups is 1. The number of hydrogen-bond acceptors (Lipinski definition) is 6. The standard InChI is InChI=1S/C20H23FN4O5S/c21-16-3-9-19(10-4-16)31(29,30)24-13-1-2-15(14-24)20(26)23-12-11-22-17-5-7-18(8-6-17)25(27)28/h3-10,15,22H,1-2,11-14H2,(H,23,26). The number of nitrogens with one attached hydrogen (secondary N) is 2. The van der Waals surface area contributed by atoms with Crippen molar-refractivity contribution in [3.63, 3.8) is 0 Å². The molecular weight excluding hydrogens is 427 g/mol. The van der Waals surface area contributed by atoms with Crippen molar-refractivity contribution in [1.29, 1.82) is 0 Å². The number of nitro groups is 1. The highest BCUT2D eigenvalue weighted by molar-refractivity contribution is 7.89. The number of amides is 1. The van der Waals surface area contributed by atoms with E-state index in [1.807, 2.05) is 0 Å². The van der Waals surface area contributed by atoms with Crippen molar-refractivity contribution in [2.45, 2.75) is 17.7 Å². The fraction of sp³-hybridized carbons (Fsp3) is 0.350. The summed E-state index contributed by atoms with van der Waals surface area (Å²) in [5, 5.41) is 16.5. The van der Waals surface area contributed by atoms with E-state index in [0.29, 0.717) is 38.2 Å². The van der Waals surface area contributed by atoms with Gasteiger partial charge in [0.2, 0.25) is 15.9 Å². The van der Waals surface area contributed by atoms with Gasteiger partial charge in [0.25, 0.3) is 5.69 Å². The number of sulfonamides is 1. The van der Waals surface area contributed by atoms with E-state index in [4.69, 9.17) is 0 Å². The molecule has 0 aromatic heterocycles. The summed E-state index contributed by atoms with van der Waals surface area (Å²) >= 11 is 0. The average Bonchev–Trinajstić information content (AvgIpc) is 2.77. The number of nitrogens with zero attached hydrogens (tertiary/aromatic N) is 2. The van der Waals surface area contributed by atoms with Crippen LogP contribution in [0.3, 0.4) is 0 Å². The minimum atomic E-state index is -3.79. The van der Waals surface area contributed by atoms with Gasteiger partial charge in [-0.2, -0.15) is 4.31 Å². The molecule has 166 valence electrons. The summed E-state index contributed by atoms with van der Waals surface area (Å²) in [6.45, 7) is 1.11. The van der Waals surface area contributed by atoms with E-state index in [0.717, 1.165) is 12.1 Å². The molecule has 3 rings (SSSR count). The summed E-state index contributed by atoms with van der Waals surface area (Å²) in [6.07, 6.45) is 1.14. The Morgan fingerprint density at radius 3 is 2.45 bits per heavy atom. The van der Waals surface area contributed by atoms with Crippen LogP contribution in [-0.4, -0.2) is 49.7 Å². The van der Waals surface area contributed by atoms with Crippen molar-refractivity contribution in [3.05, 3.63) is 64.5 Å². The van der Waals surface area contributed by atoms with Gasteiger partial charge in [-0.15, -0.1) is 0 Å². The molecule has 1 unspecified atom stereocenters. The molecule has 0 bridgehead atoms. The monoisotopic (exact) mass is 450 g/mol. The molecule has 1 heterocycles. The molecule has 2 aromatic rings. The summed E-state index contributed by atoms with van der Waals surface area (Å²) in [6, 6.07) is 10.6. The van der Waals surface area contributed by atoms with Gasteiger partial charge in [-0.05, 0) is 49.2 Å². The molecule has 1 atom stereocenters. The average molecular weight is 450 g/mol. The summed E-state index contributed by atoms with van der Waals surface area (Å²) < 4.78 is 39.9. The van der Waals surface area contributed by atoms with Gasteiger partial charge in [-0.25, -0.2) is 12.8 Å². The molecule has 0 aliphatic carbocycles. The van der Waals surface area contributed by atoms with Gasteiger partial charge in [-0.3, -0.25) is 14.9 Å². The molecule has 1 fully saturated rings. The van der Waals surface area contributed by atoms with Crippen molar-refractivity contribution in [3.8, 4) is 0 Å². The summed E-state index contributed by atoms with van der Waals surface area (Å²) in [5.41, 5.74) is 0.686. The Kier molecular flexibility index (Phi) is 7.18. The molecule has 11 heteroatoms. The number of nitro benzene ring substituents is 1. The fourth-order valence-electron chi connectivity index (χ4n) is 3.37. The van der Waals surface area contributed by atoms with Gasteiger partial charge in [0, 0.05) is 44.0 Å². The zero-order valence-electron chi connectivity index (χ0n) is 16.7. The number of anilines is 1. The number of non-ortho nitro benzene ring substituents is 1. The number of hydrogen-bond donors (Lipinski definition) is 2. The minimum absolute atomic E-state index is 0.00209. The number of benzene rings is 2. The predicted molar refractivity (Wildman–Crippen MR) is 112 cm³/mol. The van der Waals surface area contributed by atoms with Crippen molar-refractivity contribution in [2.75, 3.05) is 31.5 Å². The lowest BCUT2D eigenvalue weighted by atomic mass is 9.99. The number of carbonyl (C=O) groups excluding carboxylic acids is 1.